The molecule has 218 valence electrons. The molecule has 0 unspecified atom stereocenters. The Morgan fingerprint density at radius 3 is 1.05 bits per heavy atom. The largest absolute Gasteiger partial charge is 0.385 e. The number of hydrogen-bond acceptors (Lipinski definition) is 6. The van der Waals surface area contributed by atoms with Crippen LogP contribution in [0, 0.1) is 0 Å². The molecule has 0 radical (unpaired) electrons. The lowest BCUT2D eigenvalue weighted by Crippen LogP contribution is -2.29. The Morgan fingerprint density at radius 2 is 0.738 bits per heavy atom. The molecule has 4 rings (SSSR count). The second kappa shape index (κ2) is 16.2. The number of hydrogen-bond donors (Lipinski definition) is 4. The van der Waals surface area contributed by atoms with Crippen LogP contribution in [0.3, 0.4) is 0 Å². The van der Waals surface area contributed by atoms with Crippen LogP contribution in [0.5, 0.6) is 0 Å². The Kier molecular flexibility index (Phi) is 11.9. The molecule has 0 saturated heterocycles. The van der Waals surface area contributed by atoms with Gasteiger partial charge in [-0.05, 0) is 86.3 Å². The first kappa shape index (κ1) is 30.7. The average molecular weight is 563 g/mol. The number of nitrogens with one attached hydrogen (secondary N) is 4. The molecule has 0 atom stereocenters. The van der Waals surface area contributed by atoms with Gasteiger partial charge in [-0.3, -0.25) is 9.59 Å². The van der Waals surface area contributed by atoms with Crippen molar-refractivity contribution in [3.8, 4) is 22.3 Å². The second-order valence-electron chi connectivity index (χ2n) is 10.5. The van der Waals surface area contributed by atoms with Gasteiger partial charge >= 0.3 is 0 Å². The molecule has 4 N–H and O–H groups in total. The SMILES string of the molecule is CC(=O)c1ccc(-c2ccc(NCCCNCCNCCCNc3ccc(-c4ccc(C(C)=O)cc4)cc3)cc2)cc1. The molecule has 42 heavy (non-hydrogen) atoms. The molecular formula is C36H42N4O2. The van der Waals surface area contributed by atoms with Gasteiger partial charge in [0.25, 0.3) is 0 Å². The molecule has 4 aromatic carbocycles. The van der Waals surface area contributed by atoms with E-state index in [4.69, 9.17) is 0 Å². The molecule has 0 fully saturated rings. The number of Topliss-reactive ketones (excluding diaryl/α,β-unsaturated/α-hetero) is 2. The molecule has 0 saturated carbocycles. The summed E-state index contributed by atoms with van der Waals surface area (Å²) < 4.78 is 0. The van der Waals surface area contributed by atoms with Gasteiger partial charge < -0.3 is 21.3 Å². The lowest BCUT2D eigenvalue weighted by molar-refractivity contribution is 0.100. The number of ketones is 2. The molecule has 0 amide bonds. The van der Waals surface area contributed by atoms with Crippen LogP contribution >= 0.6 is 0 Å². The lowest BCUT2D eigenvalue weighted by Gasteiger charge is -2.10. The average Bonchev–Trinajstić information content (AvgIpc) is 3.02. The summed E-state index contributed by atoms with van der Waals surface area (Å²) in [6.45, 7) is 8.90. The van der Waals surface area contributed by atoms with Crippen LogP contribution in [0.25, 0.3) is 22.3 Å². The maximum atomic E-state index is 11.5. The van der Waals surface area contributed by atoms with E-state index in [0.717, 1.165) is 96.9 Å². The van der Waals surface area contributed by atoms with E-state index >= 15 is 0 Å². The van der Waals surface area contributed by atoms with Crippen LogP contribution in [0.2, 0.25) is 0 Å². The molecule has 6 heteroatoms. The van der Waals surface area contributed by atoms with Crippen molar-refractivity contribution in [1.29, 1.82) is 0 Å². The number of carbonyl (C=O) groups is 2. The van der Waals surface area contributed by atoms with Crippen molar-refractivity contribution in [3.05, 3.63) is 108 Å². The first-order chi connectivity index (χ1) is 20.5. The van der Waals surface area contributed by atoms with Crippen molar-refractivity contribution in [1.82, 2.24) is 10.6 Å². The molecule has 6 nitrogen and oxygen atoms in total. The summed E-state index contributed by atoms with van der Waals surface area (Å²) in [5.74, 6) is 0.178. The van der Waals surface area contributed by atoms with E-state index in [0.29, 0.717) is 0 Å². The minimum Gasteiger partial charge on any atom is -0.385 e. The summed E-state index contributed by atoms with van der Waals surface area (Å²) in [7, 11) is 0. The summed E-state index contributed by atoms with van der Waals surface area (Å²) in [5, 5.41) is 14.0. The highest BCUT2D eigenvalue weighted by molar-refractivity contribution is 5.95. The third-order valence-electron chi connectivity index (χ3n) is 7.22. The van der Waals surface area contributed by atoms with Gasteiger partial charge in [0.05, 0.1) is 0 Å². The van der Waals surface area contributed by atoms with Gasteiger partial charge in [-0.25, -0.2) is 0 Å². The van der Waals surface area contributed by atoms with Crippen molar-refractivity contribution < 1.29 is 9.59 Å². The smallest absolute Gasteiger partial charge is 0.159 e. The van der Waals surface area contributed by atoms with Crippen LogP contribution in [0.1, 0.15) is 47.4 Å². The number of rotatable bonds is 17. The molecule has 0 aliphatic carbocycles. The van der Waals surface area contributed by atoms with E-state index in [9.17, 15) is 9.59 Å². The number of benzene rings is 4. The Hall–Kier alpha value is -4.26. The molecule has 0 spiro atoms. The topological polar surface area (TPSA) is 82.3 Å². The zero-order valence-corrected chi connectivity index (χ0v) is 24.7. The van der Waals surface area contributed by atoms with Crippen molar-refractivity contribution >= 4 is 22.9 Å². The fraction of sp³-hybridized carbons (Fsp3) is 0.278. The van der Waals surface area contributed by atoms with E-state index in [1.807, 2.05) is 48.5 Å². The fourth-order valence-corrected chi connectivity index (χ4v) is 4.67. The van der Waals surface area contributed by atoms with Gasteiger partial charge in [0.15, 0.2) is 11.6 Å². The Bertz CT molecular complexity index is 1290. The van der Waals surface area contributed by atoms with Crippen molar-refractivity contribution in [2.45, 2.75) is 26.7 Å². The zero-order valence-electron chi connectivity index (χ0n) is 24.7. The van der Waals surface area contributed by atoms with E-state index in [-0.39, 0.29) is 11.6 Å². The first-order valence-electron chi connectivity index (χ1n) is 14.8. The molecule has 0 aliphatic rings. The maximum Gasteiger partial charge on any atom is 0.159 e. The zero-order chi connectivity index (χ0) is 29.6. The Labute approximate surface area is 250 Å². The van der Waals surface area contributed by atoms with Gasteiger partial charge in [-0.15, -0.1) is 0 Å². The summed E-state index contributed by atoms with van der Waals surface area (Å²) in [6.07, 6.45) is 2.11. The molecule has 0 aliphatic heterocycles. The number of carbonyl (C=O) groups excluding carboxylic acids is 2. The van der Waals surface area contributed by atoms with E-state index in [2.05, 4.69) is 69.8 Å². The number of anilines is 2. The van der Waals surface area contributed by atoms with Gasteiger partial charge in [-0.2, -0.15) is 0 Å². The predicted octanol–water partition coefficient (Wildman–Crippen LogP) is 6.91. The third kappa shape index (κ3) is 9.68. The minimum absolute atomic E-state index is 0.0891. The highest BCUT2D eigenvalue weighted by Gasteiger charge is 2.03. The van der Waals surface area contributed by atoms with Crippen molar-refractivity contribution in [2.24, 2.45) is 0 Å². The standard InChI is InChI=1S/C36H42N4O2/c1-27(41)29-5-9-31(10-6-29)33-13-17-35(18-14-33)39-23-3-21-37-25-26-38-22-4-24-40-36-19-15-34(16-20-36)32-11-7-30(8-12-32)28(2)42/h5-20,37-40H,3-4,21-26H2,1-2H3. The minimum atomic E-state index is 0.0891. The van der Waals surface area contributed by atoms with Crippen molar-refractivity contribution in [3.63, 3.8) is 0 Å². The first-order valence-corrected chi connectivity index (χ1v) is 14.8. The monoisotopic (exact) mass is 562 g/mol. The van der Waals surface area contributed by atoms with Crippen LogP contribution in [0.4, 0.5) is 11.4 Å². The summed E-state index contributed by atoms with van der Waals surface area (Å²) in [5.41, 5.74) is 8.22. The quantitative estimate of drug-likeness (QED) is 0.0827. The third-order valence-corrected chi connectivity index (χ3v) is 7.22. The summed E-state index contributed by atoms with van der Waals surface area (Å²) in [4.78, 5) is 22.9. The van der Waals surface area contributed by atoms with E-state index in [1.54, 1.807) is 13.8 Å². The lowest BCUT2D eigenvalue weighted by atomic mass is 10.0. The molecule has 0 bridgehead atoms. The van der Waals surface area contributed by atoms with Crippen molar-refractivity contribution in [2.75, 3.05) is 49.9 Å². The maximum absolute atomic E-state index is 11.5. The summed E-state index contributed by atoms with van der Waals surface area (Å²) >= 11 is 0. The Morgan fingerprint density at radius 1 is 0.429 bits per heavy atom. The Balaban J connectivity index is 0.996. The molecule has 4 aromatic rings. The van der Waals surface area contributed by atoms with Gasteiger partial charge in [0.2, 0.25) is 0 Å². The molecule has 0 aromatic heterocycles. The van der Waals surface area contributed by atoms with E-state index in [1.165, 1.54) is 0 Å². The second-order valence-corrected chi connectivity index (χ2v) is 10.5. The van der Waals surface area contributed by atoms with Crippen LogP contribution in [-0.2, 0) is 0 Å². The molecule has 0 heterocycles. The highest BCUT2D eigenvalue weighted by Crippen LogP contribution is 2.23. The van der Waals surface area contributed by atoms with Gasteiger partial charge in [0, 0.05) is 48.7 Å². The highest BCUT2D eigenvalue weighted by atomic mass is 16.1. The summed E-state index contributed by atoms with van der Waals surface area (Å²) in [6, 6.07) is 32.4. The fourth-order valence-electron chi connectivity index (χ4n) is 4.67. The predicted molar refractivity (Wildman–Crippen MR) is 176 cm³/mol. The van der Waals surface area contributed by atoms with Crippen LogP contribution < -0.4 is 21.3 Å². The van der Waals surface area contributed by atoms with E-state index < -0.39 is 0 Å². The van der Waals surface area contributed by atoms with Crippen LogP contribution in [0.15, 0.2) is 97.1 Å². The van der Waals surface area contributed by atoms with Crippen LogP contribution in [-0.4, -0.2) is 50.8 Å². The molecular weight excluding hydrogens is 520 g/mol. The normalized spacial score (nSPS) is 10.8. The van der Waals surface area contributed by atoms with Gasteiger partial charge in [0.1, 0.15) is 0 Å². The van der Waals surface area contributed by atoms with Gasteiger partial charge in [-0.1, -0.05) is 72.8 Å².